The Labute approximate surface area is 81.7 Å². The van der Waals surface area contributed by atoms with E-state index in [-0.39, 0.29) is 0 Å². The Balaban J connectivity index is 2.13. The van der Waals surface area contributed by atoms with Gasteiger partial charge in [-0.2, -0.15) is 0 Å². The van der Waals surface area contributed by atoms with Crippen LogP contribution in [-0.2, 0) is 0 Å². The second-order valence-corrected chi connectivity index (χ2v) is 4.71. The zero-order valence-corrected chi connectivity index (χ0v) is 8.42. The molecule has 66 valence electrons. The van der Waals surface area contributed by atoms with Crippen molar-refractivity contribution in [3.8, 4) is 0 Å². The van der Waals surface area contributed by atoms with Gasteiger partial charge in [-0.1, -0.05) is 11.6 Å². The minimum absolute atomic E-state index is 0.650. The summed E-state index contributed by atoms with van der Waals surface area (Å²) in [6.45, 7) is 2.26. The highest BCUT2D eigenvalue weighted by atomic mass is 35.5. The normalized spacial score (nSPS) is 24.2. The number of thiophene rings is 1. The van der Waals surface area contributed by atoms with E-state index in [9.17, 15) is 0 Å². The first-order valence-electron chi connectivity index (χ1n) is 4.31. The molecular weight excluding hydrogens is 190 g/mol. The van der Waals surface area contributed by atoms with Gasteiger partial charge in [0.15, 0.2) is 0 Å². The minimum Gasteiger partial charge on any atom is -0.316 e. The molecule has 1 unspecified atom stereocenters. The quantitative estimate of drug-likeness (QED) is 0.737. The summed E-state index contributed by atoms with van der Waals surface area (Å²) < 4.78 is 0.976. The predicted octanol–water partition coefficient (Wildman–Crippen LogP) is 2.87. The van der Waals surface area contributed by atoms with Crippen molar-refractivity contribution in [1.82, 2.24) is 5.32 Å². The lowest BCUT2D eigenvalue weighted by molar-refractivity contribution is 0.462. The number of hydrogen-bond donors (Lipinski definition) is 1. The molecule has 0 radical (unpaired) electrons. The van der Waals surface area contributed by atoms with Gasteiger partial charge < -0.3 is 5.32 Å². The molecule has 1 aliphatic heterocycles. The predicted molar refractivity (Wildman–Crippen MR) is 54.2 cm³/mol. The van der Waals surface area contributed by atoms with E-state index in [0.717, 1.165) is 17.4 Å². The molecule has 1 fully saturated rings. The lowest BCUT2D eigenvalue weighted by Gasteiger charge is -2.22. The van der Waals surface area contributed by atoms with Crippen molar-refractivity contribution in [3.63, 3.8) is 0 Å². The largest absolute Gasteiger partial charge is 0.316 e. The molecule has 12 heavy (non-hydrogen) atoms. The highest BCUT2D eigenvalue weighted by Gasteiger charge is 2.17. The van der Waals surface area contributed by atoms with Crippen LogP contribution in [0.25, 0.3) is 0 Å². The number of halogens is 1. The van der Waals surface area contributed by atoms with Crippen molar-refractivity contribution in [1.29, 1.82) is 0 Å². The van der Waals surface area contributed by atoms with Gasteiger partial charge in [0.05, 0.1) is 4.34 Å². The van der Waals surface area contributed by atoms with Crippen molar-refractivity contribution < 1.29 is 0 Å². The lowest BCUT2D eigenvalue weighted by Crippen LogP contribution is -2.28. The Bertz CT molecular complexity index is 253. The van der Waals surface area contributed by atoms with Crippen LogP contribution in [0.5, 0.6) is 0 Å². The monoisotopic (exact) mass is 201 g/mol. The number of nitrogens with one attached hydrogen (secondary N) is 1. The third kappa shape index (κ3) is 1.65. The van der Waals surface area contributed by atoms with E-state index in [0.29, 0.717) is 5.92 Å². The number of rotatable bonds is 1. The lowest BCUT2D eigenvalue weighted by atomic mass is 9.94. The third-order valence-electron chi connectivity index (χ3n) is 2.38. The fourth-order valence-electron chi connectivity index (χ4n) is 1.71. The molecule has 0 bridgehead atoms. The zero-order chi connectivity index (χ0) is 8.39. The summed E-state index contributed by atoms with van der Waals surface area (Å²) in [5.74, 6) is 0.650. The molecule has 2 heterocycles. The van der Waals surface area contributed by atoms with Crippen molar-refractivity contribution in [2.24, 2.45) is 0 Å². The molecule has 1 atom stereocenters. The van der Waals surface area contributed by atoms with Gasteiger partial charge in [-0.25, -0.2) is 0 Å². The van der Waals surface area contributed by atoms with Gasteiger partial charge in [-0.15, -0.1) is 11.3 Å². The number of hydrogen-bond acceptors (Lipinski definition) is 2. The SMILES string of the molecule is Clc1sccc1C1CCCNC1. The summed E-state index contributed by atoms with van der Waals surface area (Å²) in [6.07, 6.45) is 2.56. The molecule has 2 rings (SSSR count). The topological polar surface area (TPSA) is 12.0 Å². The molecule has 0 spiro atoms. The fourth-order valence-corrected chi connectivity index (χ4v) is 2.79. The molecule has 1 N–H and O–H groups in total. The average Bonchev–Trinajstić information content (AvgIpc) is 2.53. The van der Waals surface area contributed by atoms with E-state index >= 15 is 0 Å². The van der Waals surface area contributed by atoms with Crippen LogP contribution >= 0.6 is 22.9 Å². The van der Waals surface area contributed by atoms with Gasteiger partial charge >= 0.3 is 0 Å². The summed E-state index contributed by atoms with van der Waals surface area (Å²) in [5, 5.41) is 5.47. The summed E-state index contributed by atoms with van der Waals surface area (Å²) in [6, 6.07) is 2.16. The van der Waals surface area contributed by atoms with Gasteiger partial charge in [0, 0.05) is 6.54 Å². The van der Waals surface area contributed by atoms with Gasteiger partial charge in [0.2, 0.25) is 0 Å². The maximum absolute atomic E-state index is 6.06. The molecule has 1 aromatic heterocycles. The molecule has 3 heteroatoms. The van der Waals surface area contributed by atoms with Gasteiger partial charge in [-0.05, 0) is 42.3 Å². The first kappa shape index (κ1) is 8.54. The Morgan fingerprint density at radius 3 is 3.08 bits per heavy atom. The smallest absolute Gasteiger partial charge is 0.0963 e. The Hall–Kier alpha value is -0.0500. The molecular formula is C9H12ClNS. The van der Waals surface area contributed by atoms with Gasteiger partial charge in [-0.3, -0.25) is 0 Å². The van der Waals surface area contributed by atoms with Crippen molar-refractivity contribution in [2.75, 3.05) is 13.1 Å². The summed E-state index contributed by atoms with van der Waals surface area (Å²) in [7, 11) is 0. The number of piperidine rings is 1. The van der Waals surface area contributed by atoms with Gasteiger partial charge in [0.25, 0.3) is 0 Å². The van der Waals surface area contributed by atoms with Crippen LogP contribution in [0.4, 0.5) is 0 Å². The highest BCUT2D eigenvalue weighted by Crippen LogP contribution is 2.32. The summed E-state index contributed by atoms with van der Waals surface area (Å²) >= 11 is 7.70. The van der Waals surface area contributed by atoms with E-state index in [1.807, 2.05) is 0 Å². The molecule has 0 saturated carbocycles. The molecule has 1 nitrogen and oxygen atoms in total. The van der Waals surface area contributed by atoms with Crippen LogP contribution in [-0.4, -0.2) is 13.1 Å². The highest BCUT2D eigenvalue weighted by molar-refractivity contribution is 7.14. The average molecular weight is 202 g/mol. The van der Waals surface area contributed by atoms with Crippen LogP contribution in [0.3, 0.4) is 0 Å². The van der Waals surface area contributed by atoms with Crippen LogP contribution in [0.1, 0.15) is 24.3 Å². The maximum atomic E-state index is 6.06. The Morgan fingerprint density at radius 1 is 1.58 bits per heavy atom. The molecule has 0 aliphatic carbocycles. The first-order chi connectivity index (χ1) is 5.88. The Morgan fingerprint density at radius 2 is 2.50 bits per heavy atom. The molecule has 1 aromatic rings. The zero-order valence-electron chi connectivity index (χ0n) is 6.85. The van der Waals surface area contributed by atoms with Crippen LogP contribution in [0, 0.1) is 0 Å². The second-order valence-electron chi connectivity index (χ2n) is 3.19. The molecule has 1 saturated heterocycles. The summed E-state index contributed by atoms with van der Waals surface area (Å²) in [5.41, 5.74) is 1.34. The molecule has 0 amide bonds. The second kappa shape index (κ2) is 3.77. The van der Waals surface area contributed by atoms with Gasteiger partial charge in [0.1, 0.15) is 0 Å². The molecule has 1 aliphatic rings. The van der Waals surface area contributed by atoms with E-state index in [2.05, 4.69) is 16.8 Å². The van der Waals surface area contributed by atoms with E-state index in [1.54, 1.807) is 11.3 Å². The fraction of sp³-hybridized carbons (Fsp3) is 0.556. The van der Waals surface area contributed by atoms with Crippen molar-refractivity contribution >= 4 is 22.9 Å². The van der Waals surface area contributed by atoms with Crippen molar-refractivity contribution in [2.45, 2.75) is 18.8 Å². The standard InChI is InChI=1S/C9H12ClNS/c10-9-8(3-5-12-9)7-2-1-4-11-6-7/h3,5,7,11H,1-2,4,6H2. The van der Waals surface area contributed by atoms with E-state index in [1.165, 1.54) is 18.4 Å². The van der Waals surface area contributed by atoms with Crippen LogP contribution < -0.4 is 5.32 Å². The first-order valence-corrected chi connectivity index (χ1v) is 5.57. The summed E-state index contributed by atoms with van der Waals surface area (Å²) in [4.78, 5) is 0. The molecule has 0 aromatic carbocycles. The van der Waals surface area contributed by atoms with Crippen molar-refractivity contribution in [3.05, 3.63) is 21.3 Å². The Kier molecular flexibility index (Phi) is 2.69. The van der Waals surface area contributed by atoms with Crippen LogP contribution in [0.15, 0.2) is 11.4 Å². The minimum atomic E-state index is 0.650. The third-order valence-corrected chi connectivity index (χ3v) is 3.58. The van der Waals surface area contributed by atoms with E-state index < -0.39 is 0 Å². The van der Waals surface area contributed by atoms with Crippen LogP contribution in [0.2, 0.25) is 4.34 Å². The van der Waals surface area contributed by atoms with E-state index in [4.69, 9.17) is 11.6 Å². The maximum Gasteiger partial charge on any atom is 0.0963 e.